The predicted molar refractivity (Wildman–Crippen MR) is 60.7 cm³/mol. The molecule has 0 spiro atoms. The summed E-state index contributed by atoms with van der Waals surface area (Å²) in [7, 11) is 0. The summed E-state index contributed by atoms with van der Waals surface area (Å²) < 4.78 is 0. The summed E-state index contributed by atoms with van der Waals surface area (Å²) in [6, 6.07) is 1.63. The van der Waals surface area contributed by atoms with Gasteiger partial charge < -0.3 is 5.11 Å². The Hall–Kier alpha value is -0.0800. The number of nitrogens with zero attached hydrogens (tertiary/aromatic N) is 1. The molecule has 3 fully saturated rings. The third-order valence-electron chi connectivity index (χ3n) is 4.65. The minimum absolute atomic E-state index is 0.421. The summed E-state index contributed by atoms with van der Waals surface area (Å²) >= 11 is 0. The lowest BCUT2D eigenvalue weighted by Gasteiger charge is -2.49. The van der Waals surface area contributed by atoms with Gasteiger partial charge in [-0.05, 0) is 50.4 Å². The van der Waals surface area contributed by atoms with Crippen LogP contribution in [0.5, 0.6) is 0 Å². The molecule has 2 atom stereocenters. The van der Waals surface area contributed by atoms with Gasteiger partial charge in [0.25, 0.3) is 0 Å². The number of aliphatic hydroxyl groups is 1. The third-order valence-corrected chi connectivity index (χ3v) is 4.65. The average Bonchev–Trinajstić information content (AvgIpc) is 3.01. The molecule has 2 saturated heterocycles. The van der Waals surface area contributed by atoms with E-state index in [-0.39, 0.29) is 0 Å². The van der Waals surface area contributed by atoms with Crippen LogP contribution in [-0.2, 0) is 0 Å². The van der Waals surface area contributed by atoms with Crippen molar-refractivity contribution in [1.29, 1.82) is 0 Å². The van der Waals surface area contributed by atoms with Gasteiger partial charge in [0.15, 0.2) is 0 Å². The van der Waals surface area contributed by atoms with E-state index in [0.717, 1.165) is 18.0 Å². The third kappa shape index (κ3) is 2.07. The van der Waals surface area contributed by atoms with E-state index in [9.17, 15) is 5.11 Å². The van der Waals surface area contributed by atoms with Crippen molar-refractivity contribution in [2.24, 2.45) is 11.8 Å². The summed E-state index contributed by atoms with van der Waals surface area (Å²) in [6.07, 6.45) is 9.67. The smallest absolute Gasteiger partial charge is 0.0460 e. The van der Waals surface area contributed by atoms with Crippen molar-refractivity contribution in [3.05, 3.63) is 0 Å². The van der Waals surface area contributed by atoms with Crippen LogP contribution in [0.15, 0.2) is 0 Å². The molecule has 2 heteroatoms. The van der Waals surface area contributed by atoms with Gasteiger partial charge in [-0.1, -0.05) is 6.42 Å². The van der Waals surface area contributed by atoms with Crippen molar-refractivity contribution in [2.75, 3.05) is 13.2 Å². The van der Waals surface area contributed by atoms with Gasteiger partial charge in [-0.3, -0.25) is 4.90 Å². The van der Waals surface area contributed by atoms with Crippen molar-refractivity contribution in [3.8, 4) is 0 Å². The molecule has 2 nitrogen and oxygen atoms in total. The number of hydrogen-bond donors (Lipinski definition) is 1. The molecule has 1 N–H and O–H groups in total. The molecule has 0 aromatic carbocycles. The Balaban J connectivity index is 1.66. The molecule has 15 heavy (non-hydrogen) atoms. The van der Waals surface area contributed by atoms with Gasteiger partial charge in [-0.25, -0.2) is 0 Å². The van der Waals surface area contributed by atoms with E-state index in [1.54, 1.807) is 0 Å². The molecule has 0 aromatic heterocycles. The first-order chi connectivity index (χ1) is 7.36. The standard InChI is InChI=1S/C13H23NO/c15-9-11-6-12-2-1-3-13(7-11)14(12)8-10-4-5-10/h10-13,15H,1-9H2/t12-,13-/m0/s1. The topological polar surface area (TPSA) is 23.5 Å². The first kappa shape index (κ1) is 10.1. The van der Waals surface area contributed by atoms with E-state index in [2.05, 4.69) is 4.90 Å². The van der Waals surface area contributed by atoms with Crippen LogP contribution in [0.2, 0.25) is 0 Å². The fourth-order valence-electron chi connectivity index (χ4n) is 3.64. The molecule has 0 unspecified atom stereocenters. The lowest BCUT2D eigenvalue weighted by Crippen LogP contribution is -2.53. The van der Waals surface area contributed by atoms with Gasteiger partial charge in [0.2, 0.25) is 0 Å². The number of hydrogen-bond acceptors (Lipinski definition) is 2. The zero-order chi connectivity index (χ0) is 10.3. The molecule has 2 aliphatic heterocycles. The van der Waals surface area contributed by atoms with Gasteiger partial charge in [0, 0.05) is 25.2 Å². The summed E-state index contributed by atoms with van der Waals surface area (Å²) in [5.41, 5.74) is 0. The van der Waals surface area contributed by atoms with Crippen molar-refractivity contribution < 1.29 is 5.11 Å². The molecule has 0 aromatic rings. The van der Waals surface area contributed by atoms with E-state index in [1.807, 2.05) is 0 Å². The summed E-state index contributed by atoms with van der Waals surface area (Å²) in [6.45, 7) is 1.79. The molecule has 86 valence electrons. The van der Waals surface area contributed by atoms with Crippen molar-refractivity contribution in [3.63, 3.8) is 0 Å². The lowest BCUT2D eigenvalue weighted by atomic mass is 9.78. The largest absolute Gasteiger partial charge is 0.396 e. The molecular weight excluding hydrogens is 186 g/mol. The molecule has 0 radical (unpaired) electrons. The molecule has 3 aliphatic rings. The average molecular weight is 209 g/mol. The quantitative estimate of drug-likeness (QED) is 0.768. The number of aliphatic hydroxyl groups excluding tert-OH is 1. The van der Waals surface area contributed by atoms with Gasteiger partial charge in [-0.2, -0.15) is 0 Å². The SMILES string of the molecule is OCC1C[C@@H]2CCC[C@@H](C1)N2CC1CC1. The Morgan fingerprint density at radius 1 is 0.933 bits per heavy atom. The maximum absolute atomic E-state index is 9.31. The summed E-state index contributed by atoms with van der Waals surface area (Å²) in [5.74, 6) is 1.63. The Kier molecular flexibility index (Phi) is 2.73. The van der Waals surface area contributed by atoms with Crippen LogP contribution < -0.4 is 0 Å². The zero-order valence-electron chi connectivity index (χ0n) is 9.57. The second kappa shape index (κ2) is 4.06. The Morgan fingerprint density at radius 3 is 2.13 bits per heavy atom. The van der Waals surface area contributed by atoms with Crippen LogP contribution in [0.3, 0.4) is 0 Å². The van der Waals surface area contributed by atoms with E-state index in [1.165, 1.54) is 51.5 Å². The van der Waals surface area contributed by atoms with Crippen molar-refractivity contribution in [1.82, 2.24) is 4.90 Å². The molecule has 1 saturated carbocycles. The maximum Gasteiger partial charge on any atom is 0.0460 e. The highest BCUT2D eigenvalue weighted by Crippen LogP contribution is 2.40. The zero-order valence-corrected chi connectivity index (χ0v) is 9.57. The van der Waals surface area contributed by atoms with Gasteiger partial charge in [-0.15, -0.1) is 0 Å². The van der Waals surface area contributed by atoms with E-state index in [4.69, 9.17) is 0 Å². The first-order valence-corrected chi connectivity index (χ1v) is 6.73. The molecular formula is C13H23NO. The molecule has 3 rings (SSSR count). The Morgan fingerprint density at radius 2 is 1.60 bits per heavy atom. The van der Waals surface area contributed by atoms with Crippen LogP contribution in [0.1, 0.15) is 44.9 Å². The fourth-order valence-corrected chi connectivity index (χ4v) is 3.64. The second-order valence-corrected chi connectivity index (χ2v) is 5.90. The highest BCUT2D eigenvalue weighted by atomic mass is 16.3. The summed E-state index contributed by atoms with van der Waals surface area (Å²) in [5, 5.41) is 9.31. The second-order valence-electron chi connectivity index (χ2n) is 5.90. The molecule has 2 bridgehead atoms. The maximum atomic E-state index is 9.31. The normalized spacial score (nSPS) is 41.8. The number of fused-ring (bicyclic) bond motifs is 2. The van der Waals surface area contributed by atoms with Gasteiger partial charge >= 0.3 is 0 Å². The lowest BCUT2D eigenvalue weighted by molar-refractivity contribution is -0.00398. The number of piperidine rings is 2. The van der Waals surface area contributed by atoms with Crippen LogP contribution in [0, 0.1) is 11.8 Å². The van der Waals surface area contributed by atoms with Gasteiger partial charge in [0.1, 0.15) is 0 Å². The fraction of sp³-hybridized carbons (Fsp3) is 1.00. The van der Waals surface area contributed by atoms with Crippen LogP contribution in [-0.4, -0.2) is 35.2 Å². The number of rotatable bonds is 3. The van der Waals surface area contributed by atoms with Crippen LogP contribution in [0.25, 0.3) is 0 Å². The minimum Gasteiger partial charge on any atom is -0.396 e. The van der Waals surface area contributed by atoms with Crippen LogP contribution in [0.4, 0.5) is 0 Å². The monoisotopic (exact) mass is 209 g/mol. The van der Waals surface area contributed by atoms with E-state index < -0.39 is 0 Å². The predicted octanol–water partition coefficient (Wildman–Crippen LogP) is 2.02. The van der Waals surface area contributed by atoms with Crippen molar-refractivity contribution in [2.45, 2.75) is 57.0 Å². The Labute approximate surface area is 92.7 Å². The minimum atomic E-state index is 0.421. The summed E-state index contributed by atoms with van der Waals surface area (Å²) in [4.78, 5) is 2.80. The van der Waals surface area contributed by atoms with Gasteiger partial charge in [0.05, 0.1) is 0 Å². The van der Waals surface area contributed by atoms with E-state index in [0.29, 0.717) is 12.5 Å². The molecule has 0 amide bonds. The highest BCUT2D eigenvalue weighted by Gasteiger charge is 2.39. The van der Waals surface area contributed by atoms with Crippen LogP contribution >= 0.6 is 0 Å². The molecule has 2 heterocycles. The van der Waals surface area contributed by atoms with Crippen molar-refractivity contribution >= 4 is 0 Å². The Bertz CT molecular complexity index is 213. The highest BCUT2D eigenvalue weighted by molar-refractivity contribution is 4.94. The van der Waals surface area contributed by atoms with E-state index >= 15 is 0 Å². The first-order valence-electron chi connectivity index (χ1n) is 6.73. The molecule has 1 aliphatic carbocycles.